The average Bonchev–Trinajstić information content (AvgIpc) is 3.45. The first kappa shape index (κ1) is 23.5. The summed E-state index contributed by atoms with van der Waals surface area (Å²) in [5, 5.41) is 6.40. The molecule has 0 radical (unpaired) electrons. The van der Waals surface area contributed by atoms with Gasteiger partial charge >= 0.3 is 0 Å². The first-order valence-electron chi connectivity index (χ1n) is 10.4. The van der Waals surface area contributed by atoms with E-state index in [-0.39, 0.29) is 6.10 Å². The van der Waals surface area contributed by atoms with Crippen LogP contribution in [0.25, 0.3) is 5.57 Å². The highest BCUT2D eigenvalue weighted by molar-refractivity contribution is 7.13. The molecule has 166 valence electrons. The number of nitrogens with one attached hydrogen (secondary N) is 1. The van der Waals surface area contributed by atoms with Crippen molar-refractivity contribution in [3.63, 3.8) is 0 Å². The standard InChI is InChI=1S/C23H29ClN4O2S/c1-4-15(3)17(12-25)7-6-16(5-2)20-14-31-23(26-20)28-21-9-8-19(24)22(27-21)30-18-10-11-29-13-18/h5-9,14-15,18H,2,4,10-13,25H2,1,3H3,(H,26,27,28)/b16-6+,17-7-. The molecule has 1 saturated heterocycles. The molecule has 0 saturated carbocycles. The third kappa shape index (κ3) is 6.40. The van der Waals surface area contributed by atoms with Gasteiger partial charge in [-0.15, -0.1) is 11.3 Å². The van der Waals surface area contributed by atoms with Gasteiger partial charge in [0.15, 0.2) is 5.13 Å². The largest absolute Gasteiger partial charge is 0.471 e. The topological polar surface area (TPSA) is 82.3 Å². The smallest absolute Gasteiger partial charge is 0.234 e. The molecule has 1 aliphatic rings. The van der Waals surface area contributed by atoms with Crippen molar-refractivity contribution in [2.45, 2.75) is 32.8 Å². The van der Waals surface area contributed by atoms with Crippen LogP contribution in [0.3, 0.4) is 0 Å². The van der Waals surface area contributed by atoms with E-state index in [1.54, 1.807) is 18.2 Å². The zero-order valence-corrected chi connectivity index (χ0v) is 19.5. The van der Waals surface area contributed by atoms with Crippen molar-refractivity contribution in [2.24, 2.45) is 11.7 Å². The molecule has 6 nitrogen and oxygen atoms in total. The van der Waals surface area contributed by atoms with Crippen molar-refractivity contribution < 1.29 is 9.47 Å². The highest BCUT2D eigenvalue weighted by Crippen LogP contribution is 2.29. The quantitative estimate of drug-likeness (QED) is 0.449. The Morgan fingerprint density at radius 1 is 1.45 bits per heavy atom. The van der Waals surface area contributed by atoms with Gasteiger partial charge in [-0.2, -0.15) is 4.98 Å². The molecule has 1 fully saturated rings. The van der Waals surface area contributed by atoms with E-state index in [2.05, 4.69) is 41.8 Å². The summed E-state index contributed by atoms with van der Waals surface area (Å²) < 4.78 is 11.2. The summed E-state index contributed by atoms with van der Waals surface area (Å²) in [5.41, 5.74) is 8.89. The minimum Gasteiger partial charge on any atom is -0.471 e. The molecule has 3 heterocycles. The summed E-state index contributed by atoms with van der Waals surface area (Å²) in [4.78, 5) is 9.17. The third-order valence-electron chi connectivity index (χ3n) is 5.19. The zero-order valence-electron chi connectivity index (χ0n) is 17.9. The lowest BCUT2D eigenvalue weighted by Crippen LogP contribution is -2.16. The molecule has 31 heavy (non-hydrogen) atoms. The number of anilines is 2. The number of nitrogens with zero attached hydrogens (tertiary/aromatic N) is 2. The molecule has 2 atom stereocenters. The number of nitrogens with two attached hydrogens (primary N) is 1. The highest BCUT2D eigenvalue weighted by atomic mass is 35.5. The number of aromatic nitrogens is 2. The van der Waals surface area contributed by atoms with E-state index in [1.165, 1.54) is 16.9 Å². The van der Waals surface area contributed by atoms with Crippen LogP contribution in [-0.2, 0) is 4.74 Å². The Hall–Kier alpha value is -2.19. The van der Waals surface area contributed by atoms with E-state index in [1.807, 2.05) is 11.5 Å². The Balaban J connectivity index is 1.73. The van der Waals surface area contributed by atoms with E-state index < -0.39 is 0 Å². The van der Waals surface area contributed by atoms with Crippen LogP contribution in [0.2, 0.25) is 5.02 Å². The molecular weight excluding hydrogens is 432 g/mol. The van der Waals surface area contributed by atoms with Crippen LogP contribution in [0.5, 0.6) is 5.88 Å². The Labute approximate surface area is 192 Å². The monoisotopic (exact) mass is 460 g/mol. The van der Waals surface area contributed by atoms with Gasteiger partial charge < -0.3 is 20.5 Å². The van der Waals surface area contributed by atoms with Crippen LogP contribution >= 0.6 is 22.9 Å². The van der Waals surface area contributed by atoms with Crippen molar-refractivity contribution in [2.75, 3.05) is 25.1 Å². The molecule has 2 aromatic heterocycles. The van der Waals surface area contributed by atoms with Gasteiger partial charge in [-0.3, -0.25) is 0 Å². The lowest BCUT2D eigenvalue weighted by Gasteiger charge is -2.13. The molecule has 3 rings (SSSR count). The van der Waals surface area contributed by atoms with E-state index in [0.29, 0.717) is 42.4 Å². The SMILES string of the molecule is C=C/C(=C\C=C(\CN)C(C)CC)c1csc(Nc2ccc(Cl)c(OC3CCOC3)n2)n1. The Bertz CT molecular complexity index is 951. The lowest BCUT2D eigenvalue weighted by molar-refractivity contribution is 0.138. The van der Waals surface area contributed by atoms with Crippen molar-refractivity contribution >= 4 is 39.5 Å². The first-order valence-corrected chi connectivity index (χ1v) is 11.7. The minimum atomic E-state index is -0.0195. The predicted octanol–water partition coefficient (Wildman–Crippen LogP) is 5.60. The normalized spacial score (nSPS) is 18.1. The number of rotatable bonds is 10. The van der Waals surface area contributed by atoms with Gasteiger partial charge in [-0.1, -0.05) is 55.8 Å². The second-order valence-electron chi connectivity index (χ2n) is 7.33. The number of hydrogen-bond acceptors (Lipinski definition) is 7. The Morgan fingerprint density at radius 3 is 2.97 bits per heavy atom. The molecule has 0 spiro atoms. The fourth-order valence-corrected chi connectivity index (χ4v) is 3.94. The summed E-state index contributed by atoms with van der Waals surface area (Å²) in [7, 11) is 0. The molecule has 0 aromatic carbocycles. The molecule has 1 aliphatic heterocycles. The fraction of sp³-hybridized carbons (Fsp3) is 0.391. The van der Waals surface area contributed by atoms with E-state index in [0.717, 1.165) is 29.2 Å². The van der Waals surface area contributed by atoms with Gasteiger partial charge in [0.2, 0.25) is 5.88 Å². The average molecular weight is 461 g/mol. The lowest BCUT2D eigenvalue weighted by atomic mass is 9.97. The van der Waals surface area contributed by atoms with Gasteiger partial charge in [-0.05, 0) is 24.5 Å². The second-order valence-corrected chi connectivity index (χ2v) is 8.60. The summed E-state index contributed by atoms with van der Waals surface area (Å²) in [6, 6.07) is 3.56. The van der Waals surface area contributed by atoms with Crippen molar-refractivity contribution in [3.8, 4) is 5.88 Å². The van der Waals surface area contributed by atoms with Crippen molar-refractivity contribution in [1.29, 1.82) is 0 Å². The van der Waals surface area contributed by atoms with Gasteiger partial charge in [0.1, 0.15) is 16.9 Å². The Kier molecular flexibility index (Phi) is 8.66. The van der Waals surface area contributed by atoms with Gasteiger partial charge in [-0.25, -0.2) is 4.98 Å². The van der Waals surface area contributed by atoms with Gasteiger partial charge in [0.25, 0.3) is 0 Å². The molecule has 2 aromatic rings. The highest BCUT2D eigenvalue weighted by Gasteiger charge is 2.19. The van der Waals surface area contributed by atoms with Crippen LogP contribution in [0.1, 0.15) is 32.4 Å². The van der Waals surface area contributed by atoms with Gasteiger partial charge in [0.05, 0.1) is 18.9 Å². The maximum Gasteiger partial charge on any atom is 0.234 e. The second kappa shape index (κ2) is 11.4. The molecule has 0 bridgehead atoms. The summed E-state index contributed by atoms with van der Waals surface area (Å²) >= 11 is 7.74. The molecule has 3 N–H and O–H groups in total. The summed E-state index contributed by atoms with van der Waals surface area (Å²) in [6.07, 6.45) is 7.77. The molecule has 2 unspecified atom stereocenters. The fourth-order valence-electron chi connectivity index (χ4n) is 3.06. The maximum atomic E-state index is 6.24. The molecule has 8 heteroatoms. The van der Waals surface area contributed by atoms with Crippen LogP contribution in [0.4, 0.5) is 10.9 Å². The van der Waals surface area contributed by atoms with Crippen LogP contribution in [0.15, 0.2) is 47.9 Å². The van der Waals surface area contributed by atoms with E-state index in [4.69, 9.17) is 26.8 Å². The summed E-state index contributed by atoms with van der Waals surface area (Å²) in [5.74, 6) is 1.46. The maximum absolute atomic E-state index is 6.24. The zero-order chi connectivity index (χ0) is 22.2. The van der Waals surface area contributed by atoms with Crippen LogP contribution in [0, 0.1) is 5.92 Å². The number of thiazole rings is 1. The molecule has 0 aliphatic carbocycles. The number of hydrogen-bond donors (Lipinski definition) is 2. The molecule has 0 amide bonds. The minimum absolute atomic E-state index is 0.0195. The van der Waals surface area contributed by atoms with Gasteiger partial charge in [0, 0.05) is 23.9 Å². The van der Waals surface area contributed by atoms with Crippen molar-refractivity contribution in [1.82, 2.24) is 9.97 Å². The van der Waals surface area contributed by atoms with E-state index >= 15 is 0 Å². The van der Waals surface area contributed by atoms with Crippen molar-refractivity contribution in [3.05, 3.63) is 58.6 Å². The summed E-state index contributed by atoms with van der Waals surface area (Å²) in [6.45, 7) is 10.1. The van der Waals surface area contributed by atoms with Crippen LogP contribution < -0.4 is 15.8 Å². The predicted molar refractivity (Wildman–Crippen MR) is 129 cm³/mol. The van der Waals surface area contributed by atoms with E-state index in [9.17, 15) is 0 Å². The first-order chi connectivity index (χ1) is 15.0. The van der Waals surface area contributed by atoms with Crippen LogP contribution in [-0.4, -0.2) is 35.8 Å². The number of pyridine rings is 1. The number of allylic oxidation sites excluding steroid dienone is 4. The third-order valence-corrected chi connectivity index (χ3v) is 6.24. The number of halogens is 1. The number of ether oxygens (including phenoxy) is 2. The Morgan fingerprint density at radius 2 is 2.29 bits per heavy atom. The molecular formula is C23H29ClN4O2S.